The van der Waals surface area contributed by atoms with E-state index in [4.69, 9.17) is 6.42 Å². The highest BCUT2D eigenvalue weighted by molar-refractivity contribution is 7.99. The Morgan fingerprint density at radius 1 is 1.46 bits per heavy atom. The van der Waals surface area contributed by atoms with Crippen molar-refractivity contribution < 1.29 is 4.79 Å². The summed E-state index contributed by atoms with van der Waals surface area (Å²) >= 11 is 4.84. The number of aromatic nitrogens is 2. The Kier molecular flexibility index (Phi) is 5.19. The van der Waals surface area contributed by atoms with Gasteiger partial charge in [0.25, 0.3) is 0 Å². The Bertz CT molecular complexity index is 936. The van der Waals surface area contributed by atoms with Gasteiger partial charge in [-0.1, -0.05) is 17.7 Å². The molecule has 0 aliphatic heterocycles. The Balaban J connectivity index is 1.81. The van der Waals surface area contributed by atoms with Crippen molar-refractivity contribution in [2.24, 2.45) is 0 Å². The monoisotopic (exact) mass is 373 g/mol. The minimum atomic E-state index is -0.115. The molecule has 0 saturated heterocycles. The second kappa shape index (κ2) is 7.34. The van der Waals surface area contributed by atoms with Crippen LogP contribution in [0.4, 0.5) is 0 Å². The number of nitrogens with zero attached hydrogens (tertiary/aromatic N) is 2. The third kappa shape index (κ3) is 3.46. The van der Waals surface area contributed by atoms with Crippen LogP contribution in [0.1, 0.15) is 11.1 Å². The number of carbonyl (C=O) groups is 1. The lowest BCUT2D eigenvalue weighted by Crippen LogP contribution is -2.25. The highest BCUT2D eigenvalue weighted by atomic mass is 32.2. The lowest BCUT2D eigenvalue weighted by atomic mass is 10.1. The van der Waals surface area contributed by atoms with Crippen LogP contribution in [0.2, 0.25) is 0 Å². The minimum Gasteiger partial charge on any atom is -0.344 e. The maximum absolute atomic E-state index is 11.6. The lowest BCUT2D eigenvalue weighted by molar-refractivity contribution is -0.118. The highest BCUT2D eigenvalue weighted by Crippen LogP contribution is 2.42. The summed E-state index contributed by atoms with van der Waals surface area (Å²) in [6.07, 6.45) is 6.86. The van der Waals surface area contributed by atoms with Crippen molar-refractivity contribution in [1.82, 2.24) is 15.3 Å². The molecule has 0 bridgehead atoms. The molecule has 122 valence electrons. The number of aryl methyl sites for hydroxylation is 2. The van der Waals surface area contributed by atoms with Crippen molar-refractivity contribution >= 4 is 49.7 Å². The van der Waals surface area contributed by atoms with Gasteiger partial charge in [0.15, 0.2) is 5.16 Å². The molecule has 3 aromatic heterocycles. The molecule has 1 amide bonds. The summed E-state index contributed by atoms with van der Waals surface area (Å²) in [6, 6.07) is 1.92. The average Bonchev–Trinajstić information content (AvgIpc) is 3.12. The molecule has 0 spiro atoms. The molecule has 0 radical (unpaired) electrons. The van der Waals surface area contributed by atoms with Crippen molar-refractivity contribution in [2.45, 2.75) is 19.0 Å². The molecule has 0 aliphatic carbocycles. The van der Waals surface area contributed by atoms with Crippen LogP contribution < -0.4 is 5.32 Å². The van der Waals surface area contributed by atoms with Crippen molar-refractivity contribution in [3.05, 3.63) is 28.8 Å². The molecule has 24 heavy (non-hydrogen) atoms. The molecule has 3 heterocycles. The molecule has 3 aromatic rings. The number of thioether (sulfide) groups is 1. The fourth-order valence-electron chi connectivity index (χ4n) is 2.34. The first-order valence-corrected chi connectivity index (χ1v) is 9.92. The van der Waals surface area contributed by atoms with E-state index in [1.165, 1.54) is 37.2 Å². The second-order valence-corrected chi connectivity index (χ2v) is 8.23. The Hall–Kier alpha value is -1.88. The molecule has 3 rings (SSSR count). The van der Waals surface area contributed by atoms with E-state index >= 15 is 0 Å². The summed E-state index contributed by atoms with van der Waals surface area (Å²) < 4.78 is 1.32. The SMILES string of the molecule is C#CCNC(=O)CSc1nccc(-c2sc3scc(C)c3c2C)n1. The predicted molar refractivity (Wildman–Crippen MR) is 103 cm³/mol. The van der Waals surface area contributed by atoms with Gasteiger partial charge in [-0.05, 0) is 36.4 Å². The third-order valence-corrected chi connectivity index (χ3v) is 6.84. The summed E-state index contributed by atoms with van der Waals surface area (Å²) in [5.74, 6) is 2.52. The van der Waals surface area contributed by atoms with Crippen LogP contribution in [-0.2, 0) is 4.79 Å². The van der Waals surface area contributed by atoms with Crippen LogP contribution in [0.15, 0.2) is 22.8 Å². The summed E-state index contributed by atoms with van der Waals surface area (Å²) in [5, 5.41) is 6.75. The Labute approximate surface area is 152 Å². The summed E-state index contributed by atoms with van der Waals surface area (Å²) in [5.41, 5.74) is 3.47. The molecule has 1 N–H and O–H groups in total. The van der Waals surface area contributed by atoms with E-state index in [0.717, 1.165) is 5.69 Å². The first-order chi connectivity index (χ1) is 11.6. The smallest absolute Gasteiger partial charge is 0.231 e. The number of nitrogens with one attached hydrogen (secondary N) is 1. The number of thiophene rings is 2. The third-order valence-electron chi connectivity index (χ3n) is 3.44. The van der Waals surface area contributed by atoms with Crippen molar-refractivity contribution in [3.8, 4) is 22.9 Å². The van der Waals surface area contributed by atoms with Crippen LogP contribution in [0.3, 0.4) is 0 Å². The molecule has 0 aliphatic rings. The average molecular weight is 374 g/mol. The summed E-state index contributed by atoms with van der Waals surface area (Å²) in [6.45, 7) is 4.51. The van der Waals surface area contributed by atoms with Crippen LogP contribution in [-0.4, -0.2) is 28.2 Å². The van der Waals surface area contributed by atoms with Crippen LogP contribution in [0, 0.1) is 26.2 Å². The highest BCUT2D eigenvalue weighted by Gasteiger charge is 2.15. The first-order valence-electron chi connectivity index (χ1n) is 7.23. The maximum atomic E-state index is 11.6. The maximum Gasteiger partial charge on any atom is 0.231 e. The Morgan fingerprint density at radius 3 is 3.04 bits per heavy atom. The van der Waals surface area contributed by atoms with Crippen molar-refractivity contribution in [3.63, 3.8) is 0 Å². The normalized spacial score (nSPS) is 10.7. The van der Waals surface area contributed by atoms with E-state index in [1.807, 2.05) is 6.07 Å². The molecule has 0 aromatic carbocycles. The quantitative estimate of drug-likeness (QED) is 0.419. The van der Waals surface area contributed by atoms with Gasteiger partial charge in [-0.25, -0.2) is 9.97 Å². The molecular formula is C17H15N3OS3. The van der Waals surface area contributed by atoms with Gasteiger partial charge in [0.05, 0.1) is 26.9 Å². The van der Waals surface area contributed by atoms with E-state index in [0.29, 0.717) is 5.16 Å². The Morgan fingerprint density at radius 2 is 2.29 bits per heavy atom. The predicted octanol–water partition coefficient (Wildman–Crippen LogP) is 3.88. The zero-order valence-electron chi connectivity index (χ0n) is 13.3. The molecule has 0 saturated carbocycles. The van der Waals surface area contributed by atoms with E-state index in [9.17, 15) is 4.79 Å². The second-order valence-electron chi connectivity index (χ2n) is 5.13. The van der Waals surface area contributed by atoms with Crippen molar-refractivity contribution in [2.75, 3.05) is 12.3 Å². The van der Waals surface area contributed by atoms with E-state index in [1.54, 1.807) is 28.9 Å². The molecule has 0 fully saturated rings. The number of rotatable bonds is 5. The molecule has 7 heteroatoms. The van der Waals surface area contributed by atoms with Gasteiger partial charge >= 0.3 is 0 Å². The zero-order chi connectivity index (χ0) is 17.1. The van der Waals surface area contributed by atoms with Gasteiger partial charge in [-0.2, -0.15) is 0 Å². The van der Waals surface area contributed by atoms with E-state index in [2.05, 4.69) is 40.4 Å². The van der Waals surface area contributed by atoms with Crippen LogP contribution >= 0.6 is 34.4 Å². The van der Waals surface area contributed by atoms with Gasteiger partial charge in [0, 0.05) is 11.6 Å². The minimum absolute atomic E-state index is 0.115. The number of hydrogen-bond donors (Lipinski definition) is 1. The standard InChI is InChI=1S/C17H15N3OS3/c1-4-6-18-13(21)9-23-17-19-7-5-12(20-17)15-11(3)14-10(2)8-22-16(14)24-15/h1,5,7-8H,6,9H2,2-3H3,(H,18,21). The van der Waals surface area contributed by atoms with Crippen molar-refractivity contribution in [1.29, 1.82) is 0 Å². The zero-order valence-corrected chi connectivity index (χ0v) is 15.7. The number of carbonyl (C=O) groups excluding carboxylic acids is 1. The molecule has 0 atom stereocenters. The summed E-state index contributed by atoms with van der Waals surface area (Å²) in [4.78, 5) is 21.6. The largest absolute Gasteiger partial charge is 0.344 e. The summed E-state index contributed by atoms with van der Waals surface area (Å²) in [7, 11) is 0. The van der Waals surface area contributed by atoms with E-state index < -0.39 is 0 Å². The fraction of sp³-hybridized carbons (Fsp3) is 0.235. The van der Waals surface area contributed by atoms with Gasteiger partial charge in [-0.3, -0.25) is 4.79 Å². The van der Waals surface area contributed by atoms with Gasteiger partial charge in [0.1, 0.15) is 0 Å². The topological polar surface area (TPSA) is 54.9 Å². The fourth-order valence-corrected chi connectivity index (χ4v) is 5.50. The number of terminal acetylenes is 1. The number of amides is 1. The van der Waals surface area contributed by atoms with Gasteiger partial charge in [0.2, 0.25) is 5.91 Å². The number of hydrogen-bond acceptors (Lipinski definition) is 6. The number of fused-ring (bicyclic) bond motifs is 1. The van der Waals surface area contributed by atoms with Gasteiger partial charge in [-0.15, -0.1) is 29.1 Å². The molecule has 0 unspecified atom stereocenters. The lowest BCUT2D eigenvalue weighted by Gasteiger charge is -2.04. The van der Waals surface area contributed by atoms with E-state index in [-0.39, 0.29) is 18.2 Å². The van der Waals surface area contributed by atoms with Crippen LogP contribution in [0.25, 0.3) is 20.0 Å². The van der Waals surface area contributed by atoms with Crippen LogP contribution in [0.5, 0.6) is 0 Å². The molecule has 4 nitrogen and oxygen atoms in total. The molecular weight excluding hydrogens is 358 g/mol. The first kappa shape index (κ1) is 17.0. The van der Waals surface area contributed by atoms with Gasteiger partial charge < -0.3 is 5.32 Å².